The molecule has 0 atom stereocenters. The van der Waals surface area contributed by atoms with Gasteiger partial charge >= 0.3 is 0 Å². The van der Waals surface area contributed by atoms with Gasteiger partial charge in [-0.25, -0.2) is 0 Å². The molecular formula is C8H5ClN2O. The lowest BCUT2D eigenvalue weighted by Gasteiger charge is -1.95. The minimum atomic E-state index is -0.368. The van der Waals surface area contributed by atoms with Crippen molar-refractivity contribution in [3.63, 3.8) is 0 Å². The average molecular weight is 181 g/mol. The van der Waals surface area contributed by atoms with E-state index in [1.807, 2.05) is 0 Å². The van der Waals surface area contributed by atoms with E-state index < -0.39 is 0 Å². The standard InChI is InChI=1S/C8H5ClN2O/c9-4-1-2-6-5(3-4)7(10)8(12)11-6/h1-3H,(H2,10,11,12). The van der Waals surface area contributed by atoms with Gasteiger partial charge in [0.25, 0.3) is 5.91 Å². The van der Waals surface area contributed by atoms with Gasteiger partial charge in [0.1, 0.15) is 5.71 Å². The molecule has 0 unspecified atom stereocenters. The molecule has 0 bridgehead atoms. The summed E-state index contributed by atoms with van der Waals surface area (Å²) in [6.45, 7) is 0. The zero-order valence-electron chi connectivity index (χ0n) is 6.02. The summed E-state index contributed by atoms with van der Waals surface area (Å²) in [5, 5.41) is 10.5. The number of anilines is 1. The predicted octanol–water partition coefficient (Wildman–Crippen LogP) is 1.66. The van der Waals surface area contributed by atoms with Gasteiger partial charge in [0.2, 0.25) is 0 Å². The van der Waals surface area contributed by atoms with Gasteiger partial charge in [-0.05, 0) is 18.2 Å². The molecule has 0 aromatic heterocycles. The average Bonchev–Trinajstić information content (AvgIpc) is 2.31. The zero-order chi connectivity index (χ0) is 8.72. The summed E-state index contributed by atoms with van der Waals surface area (Å²) in [5.74, 6) is -0.368. The Kier molecular flexibility index (Phi) is 1.41. The number of carbonyl (C=O) groups excluding carboxylic acids is 1. The monoisotopic (exact) mass is 180 g/mol. The first kappa shape index (κ1) is 7.31. The lowest BCUT2D eigenvalue weighted by molar-refractivity contribution is -0.110. The van der Waals surface area contributed by atoms with Crippen LogP contribution < -0.4 is 5.32 Å². The van der Waals surface area contributed by atoms with E-state index in [0.29, 0.717) is 16.3 Å². The van der Waals surface area contributed by atoms with Crippen molar-refractivity contribution in [2.45, 2.75) is 0 Å². The molecule has 1 aliphatic rings. The van der Waals surface area contributed by atoms with Crippen LogP contribution in [0, 0.1) is 5.41 Å². The second-order valence-corrected chi connectivity index (χ2v) is 2.96. The minimum absolute atomic E-state index is 0.0208. The quantitative estimate of drug-likeness (QED) is 0.627. The van der Waals surface area contributed by atoms with Crippen LogP contribution in [0.1, 0.15) is 5.56 Å². The first-order chi connectivity index (χ1) is 5.68. The largest absolute Gasteiger partial charge is 0.320 e. The highest BCUT2D eigenvalue weighted by Gasteiger charge is 2.23. The summed E-state index contributed by atoms with van der Waals surface area (Å²) in [6.07, 6.45) is 0. The lowest BCUT2D eigenvalue weighted by atomic mass is 10.1. The fourth-order valence-corrected chi connectivity index (χ4v) is 1.31. The van der Waals surface area contributed by atoms with E-state index in [-0.39, 0.29) is 11.6 Å². The molecule has 60 valence electrons. The molecule has 1 aliphatic heterocycles. The van der Waals surface area contributed by atoms with Crippen LogP contribution in [-0.2, 0) is 4.79 Å². The Hall–Kier alpha value is -1.35. The topological polar surface area (TPSA) is 53.0 Å². The molecule has 2 rings (SSSR count). The van der Waals surface area contributed by atoms with Gasteiger partial charge < -0.3 is 5.32 Å². The van der Waals surface area contributed by atoms with Gasteiger partial charge in [0.05, 0.1) is 5.69 Å². The molecule has 1 aromatic rings. The molecule has 0 saturated carbocycles. The highest BCUT2D eigenvalue weighted by molar-refractivity contribution is 6.53. The molecule has 0 aliphatic carbocycles. The van der Waals surface area contributed by atoms with Crippen molar-refractivity contribution in [1.82, 2.24) is 0 Å². The fraction of sp³-hybridized carbons (Fsp3) is 0. The van der Waals surface area contributed by atoms with Crippen LogP contribution in [0.2, 0.25) is 5.02 Å². The molecular weight excluding hydrogens is 176 g/mol. The van der Waals surface area contributed by atoms with Crippen LogP contribution in [0.25, 0.3) is 0 Å². The Labute approximate surface area is 73.9 Å². The number of hydrogen-bond donors (Lipinski definition) is 2. The Balaban J connectivity index is 2.63. The van der Waals surface area contributed by atoms with Gasteiger partial charge in [-0.1, -0.05) is 11.6 Å². The molecule has 3 nitrogen and oxygen atoms in total. The Morgan fingerprint density at radius 2 is 2.17 bits per heavy atom. The smallest absolute Gasteiger partial charge is 0.274 e. The maximum Gasteiger partial charge on any atom is 0.274 e. The molecule has 1 amide bonds. The molecule has 4 heteroatoms. The normalized spacial score (nSPS) is 14.4. The van der Waals surface area contributed by atoms with Crippen LogP contribution in [0.4, 0.5) is 5.69 Å². The summed E-state index contributed by atoms with van der Waals surface area (Å²) in [6, 6.07) is 4.98. The van der Waals surface area contributed by atoms with E-state index in [1.54, 1.807) is 18.2 Å². The number of nitrogens with one attached hydrogen (secondary N) is 2. The summed E-state index contributed by atoms with van der Waals surface area (Å²) >= 11 is 5.70. The molecule has 0 fully saturated rings. The fourth-order valence-electron chi connectivity index (χ4n) is 1.14. The van der Waals surface area contributed by atoms with E-state index in [1.165, 1.54) is 0 Å². The Morgan fingerprint density at radius 1 is 1.42 bits per heavy atom. The number of halogens is 1. The van der Waals surface area contributed by atoms with E-state index in [0.717, 1.165) is 0 Å². The number of amides is 1. The number of hydrogen-bond acceptors (Lipinski definition) is 2. The number of carbonyl (C=O) groups is 1. The van der Waals surface area contributed by atoms with E-state index in [4.69, 9.17) is 17.0 Å². The summed E-state index contributed by atoms with van der Waals surface area (Å²) in [7, 11) is 0. The van der Waals surface area contributed by atoms with Crippen LogP contribution >= 0.6 is 11.6 Å². The third kappa shape index (κ3) is 0.905. The second-order valence-electron chi connectivity index (χ2n) is 2.52. The van der Waals surface area contributed by atoms with Crippen LogP contribution in [0.5, 0.6) is 0 Å². The maximum atomic E-state index is 11.0. The van der Waals surface area contributed by atoms with Crippen molar-refractivity contribution in [3.05, 3.63) is 28.8 Å². The number of benzene rings is 1. The highest BCUT2D eigenvalue weighted by Crippen LogP contribution is 2.25. The minimum Gasteiger partial charge on any atom is -0.320 e. The van der Waals surface area contributed by atoms with Gasteiger partial charge in [0.15, 0.2) is 0 Å². The lowest BCUT2D eigenvalue weighted by Crippen LogP contribution is -2.12. The van der Waals surface area contributed by atoms with E-state index in [9.17, 15) is 4.79 Å². The zero-order valence-corrected chi connectivity index (χ0v) is 6.77. The van der Waals surface area contributed by atoms with Crippen molar-refractivity contribution < 1.29 is 4.79 Å². The SMILES string of the molecule is N=C1C(=O)Nc2ccc(Cl)cc21. The Morgan fingerprint density at radius 3 is 2.92 bits per heavy atom. The first-order valence-electron chi connectivity index (χ1n) is 3.38. The second kappa shape index (κ2) is 2.32. The Bertz CT molecular complexity index is 387. The van der Waals surface area contributed by atoms with E-state index in [2.05, 4.69) is 5.32 Å². The highest BCUT2D eigenvalue weighted by atomic mass is 35.5. The van der Waals surface area contributed by atoms with Gasteiger partial charge in [-0.15, -0.1) is 0 Å². The van der Waals surface area contributed by atoms with Gasteiger partial charge in [0, 0.05) is 10.6 Å². The van der Waals surface area contributed by atoms with Crippen molar-refractivity contribution >= 4 is 28.9 Å². The van der Waals surface area contributed by atoms with Gasteiger partial charge in [-0.3, -0.25) is 10.2 Å². The summed E-state index contributed by atoms with van der Waals surface area (Å²) < 4.78 is 0. The molecule has 0 spiro atoms. The van der Waals surface area contributed by atoms with Crippen molar-refractivity contribution in [2.75, 3.05) is 5.32 Å². The third-order valence-electron chi connectivity index (χ3n) is 1.73. The molecule has 1 aromatic carbocycles. The van der Waals surface area contributed by atoms with Crippen LogP contribution in [0.15, 0.2) is 18.2 Å². The maximum absolute atomic E-state index is 11.0. The van der Waals surface area contributed by atoms with Crippen molar-refractivity contribution in [3.8, 4) is 0 Å². The molecule has 2 N–H and O–H groups in total. The molecule has 1 heterocycles. The van der Waals surface area contributed by atoms with Crippen LogP contribution in [0.3, 0.4) is 0 Å². The predicted molar refractivity (Wildman–Crippen MR) is 46.9 cm³/mol. The third-order valence-corrected chi connectivity index (χ3v) is 1.96. The molecule has 0 radical (unpaired) electrons. The number of fused-ring (bicyclic) bond motifs is 1. The molecule has 12 heavy (non-hydrogen) atoms. The van der Waals surface area contributed by atoms with E-state index >= 15 is 0 Å². The van der Waals surface area contributed by atoms with Gasteiger partial charge in [-0.2, -0.15) is 0 Å². The van der Waals surface area contributed by atoms with Crippen molar-refractivity contribution in [1.29, 1.82) is 5.41 Å². The first-order valence-corrected chi connectivity index (χ1v) is 3.76. The summed E-state index contributed by atoms with van der Waals surface area (Å²) in [4.78, 5) is 11.0. The number of rotatable bonds is 0. The van der Waals surface area contributed by atoms with Crippen LogP contribution in [-0.4, -0.2) is 11.6 Å². The van der Waals surface area contributed by atoms with Crippen molar-refractivity contribution in [2.24, 2.45) is 0 Å². The molecule has 0 saturated heterocycles. The summed E-state index contributed by atoms with van der Waals surface area (Å²) in [5.41, 5.74) is 1.22.